The first-order chi connectivity index (χ1) is 15.6. The molecular weight excluding hydrogens is 442 g/mol. The van der Waals surface area contributed by atoms with Crippen molar-refractivity contribution in [1.82, 2.24) is 9.13 Å². The Kier molecular flexibility index (Phi) is 5.59. The minimum Gasteiger partial charge on any atom is -0.497 e. The molecule has 0 unspecified atom stereocenters. The molecule has 0 aliphatic rings. The van der Waals surface area contributed by atoms with Gasteiger partial charge in [-0.15, -0.1) is 0 Å². The number of imidazole rings is 1. The Morgan fingerprint density at radius 1 is 0.939 bits per heavy atom. The fourth-order valence-electron chi connectivity index (χ4n) is 3.65. The van der Waals surface area contributed by atoms with Crippen LogP contribution in [-0.4, -0.2) is 30.6 Å². The van der Waals surface area contributed by atoms with E-state index in [2.05, 4.69) is 5.32 Å². The molecule has 1 N–H and O–H groups in total. The summed E-state index contributed by atoms with van der Waals surface area (Å²) in [7, 11) is 0.651. The van der Waals surface area contributed by atoms with Crippen LogP contribution in [0, 0.1) is 6.92 Å². The second-order valence-corrected chi connectivity index (χ2v) is 9.66. The van der Waals surface area contributed by atoms with Crippen LogP contribution in [0.2, 0.25) is 0 Å². The molecule has 33 heavy (non-hydrogen) atoms. The van der Waals surface area contributed by atoms with E-state index in [9.17, 15) is 18.0 Å². The molecule has 0 spiro atoms. The number of ether oxygens (including phenoxy) is 1. The monoisotopic (exact) mass is 465 g/mol. The van der Waals surface area contributed by atoms with E-state index in [1.165, 1.54) is 40.5 Å². The van der Waals surface area contributed by atoms with Gasteiger partial charge in [0.15, 0.2) is 0 Å². The van der Waals surface area contributed by atoms with Crippen molar-refractivity contribution in [2.45, 2.75) is 16.7 Å². The highest BCUT2D eigenvalue weighted by Crippen LogP contribution is 2.32. The van der Waals surface area contributed by atoms with E-state index in [1.54, 1.807) is 50.5 Å². The highest BCUT2D eigenvalue weighted by atomic mass is 32.2. The molecule has 0 radical (unpaired) electrons. The number of hydrogen-bond donors (Lipinski definition) is 1. The lowest BCUT2D eigenvalue weighted by atomic mass is 10.2. The van der Waals surface area contributed by atoms with Gasteiger partial charge < -0.3 is 10.1 Å². The van der Waals surface area contributed by atoms with Crippen molar-refractivity contribution in [2.24, 2.45) is 14.1 Å². The van der Waals surface area contributed by atoms with Crippen LogP contribution in [0.1, 0.15) is 15.9 Å². The van der Waals surface area contributed by atoms with E-state index in [0.29, 0.717) is 22.3 Å². The predicted octanol–water partition coefficient (Wildman–Crippen LogP) is 3.28. The average molecular weight is 466 g/mol. The summed E-state index contributed by atoms with van der Waals surface area (Å²) in [6.45, 7) is 1.86. The number of rotatable bonds is 5. The average Bonchev–Trinajstić information content (AvgIpc) is 3.02. The van der Waals surface area contributed by atoms with Gasteiger partial charge in [0.1, 0.15) is 5.75 Å². The van der Waals surface area contributed by atoms with Crippen LogP contribution in [0.4, 0.5) is 5.69 Å². The molecule has 1 amide bonds. The first kappa shape index (κ1) is 22.3. The lowest BCUT2D eigenvalue weighted by molar-refractivity contribution is 0.102. The number of benzene rings is 3. The third-order valence-electron chi connectivity index (χ3n) is 5.57. The zero-order valence-corrected chi connectivity index (χ0v) is 19.4. The van der Waals surface area contributed by atoms with Crippen LogP contribution >= 0.6 is 0 Å². The lowest BCUT2D eigenvalue weighted by Gasteiger charge is -2.14. The van der Waals surface area contributed by atoms with Crippen molar-refractivity contribution in [1.29, 1.82) is 0 Å². The fourth-order valence-corrected chi connectivity index (χ4v) is 5.06. The standard InChI is InChI=1S/C24H23N3O5S/c1-15-8-10-18(11-9-15)33(30,31)22-14-21-20(26(2)24(29)27(21)3)13-19(22)25-23(28)16-6-5-7-17(12-16)32-4/h5-14H,1-4H3,(H,25,28). The topological polar surface area (TPSA) is 99.4 Å². The van der Waals surface area contributed by atoms with E-state index in [4.69, 9.17) is 4.74 Å². The van der Waals surface area contributed by atoms with Gasteiger partial charge >= 0.3 is 5.69 Å². The van der Waals surface area contributed by atoms with Gasteiger partial charge in [-0.25, -0.2) is 13.2 Å². The Morgan fingerprint density at radius 2 is 1.58 bits per heavy atom. The van der Waals surface area contributed by atoms with Gasteiger partial charge in [0.25, 0.3) is 5.91 Å². The number of amides is 1. The Morgan fingerprint density at radius 3 is 2.21 bits per heavy atom. The molecule has 4 aromatic rings. The Bertz CT molecular complexity index is 1550. The Balaban J connectivity index is 1.91. The molecule has 8 nitrogen and oxygen atoms in total. The molecule has 9 heteroatoms. The summed E-state index contributed by atoms with van der Waals surface area (Å²) >= 11 is 0. The van der Waals surface area contributed by atoms with Crippen molar-refractivity contribution < 1.29 is 17.9 Å². The van der Waals surface area contributed by atoms with Gasteiger partial charge in [-0.2, -0.15) is 0 Å². The van der Waals surface area contributed by atoms with Crippen molar-refractivity contribution >= 4 is 32.5 Å². The Hall–Kier alpha value is -3.85. The third-order valence-corrected chi connectivity index (χ3v) is 7.38. The fraction of sp³-hybridized carbons (Fsp3) is 0.167. The molecule has 0 aliphatic carbocycles. The molecule has 0 saturated carbocycles. The molecule has 0 aliphatic heterocycles. The maximum Gasteiger partial charge on any atom is 0.328 e. The summed E-state index contributed by atoms with van der Waals surface area (Å²) < 4.78 is 35.1. The quantitative estimate of drug-likeness (QED) is 0.488. The zero-order valence-electron chi connectivity index (χ0n) is 18.6. The van der Waals surface area contributed by atoms with Crippen LogP contribution in [0.5, 0.6) is 5.75 Å². The van der Waals surface area contributed by atoms with E-state index >= 15 is 0 Å². The van der Waals surface area contributed by atoms with Crippen LogP contribution in [0.15, 0.2) is 75.2 Å². The smallest absolute Gasteiger partial charge is 0.328 e. The van der Waals surface area contributed by atoms with Gasteiger partial charge in [0.2, 0.25) is 9.84 Å². The van der Waals surface area contributed by atoms with Gasteiger partial charge in [0, 0.05) is 19.7 Å². The third kappa shape index (κ3) is 3.91. The second kappa shape index (κ2) is 8.25. The number of carbonyl (C=O) groups excluding carboxylic acids is 1. The van der Waals surface area contributed by atoms with Crippen molar-refractivity contribution in [3.63, 3.8) is 0 Å². The van der Waals surface area contributed by atoms with E-state index in [1.807, 2.05) is 6.92 Å². The van der Waals surface area contributed by atoms with Crippen molar-refractivity contribution in [3.8, 4) is 5.75 Å². The number of aromatic nitrogens is 2. The molecule has 1 heterocycles. The van der Waals surface area contributed by atoms with Crippen LogP contribution in [0.25, 0.3) is 11.0 Å². The molecule has 0 bridgehead atoms. The van der Waals surface area contributed by atoms with Gasteiger partial charge in [-0.05, 0) is 49.4 Å². The second-order valence-electron chi connectivity index (χ2n) is 7.74. The SMILES string of the molecule is COc1cccc(C(=O)Nc2cc3c(cc2S(=O)(=O)c2ccc(C)cc2)n(C)c(=O)n3C)c1. The molecule has 0 fully saturated rings. The number of anilines is 1. The molecule has 1 aromatic heterocycles. The Labute approximate surface area is 191 Å². The number of fused-ring (bicyclic) bond motifs is 1. The van der Waals surface area contributed by atoms with E-state index in [0.717, 1.165) is 5.56 Å². The minimum atomic E-state index is -4.00. The van der Waals surface area contributed by atoms with Crippen LogP contribution in [0.3, 0.4) is 0 Å². The van der Waals surface area contributed by atoms with E-state index in [-0.39, 0.29) is 21.2 Å². The molecule has 170 valence electrons. The number of sulfone groups is 1. The van der Waals surface area contributed by atoms with Crippen molar-refractivity contribution in [3.05, 3.63) is 82.3 Å². The normalized spacial score (nSPS) is 11.5. The van der Waals surface area contributed by atoms with E-state index < -0.39 is 15.7 Å². The first-order valence-electron chi connectivity index (χ1n) is 10.1. The number of hydrogen-bond acceptors (Lipinski definition) is 5. The molecule has 0 atom stereocenters. The first-order valence-corrected chi connectivity index (χ1v) is 11.6. The lowest BCUT2D eigenvalue weighted by Crippen LogP contribution is -2.19. The molecule has 0 saturated heterocycles. The van der Waals surface area contributed by atoms with Crippen LogP contribution in [-0.2, 0) is 23.9 Å². The summed E-state index contributed by atoms with van der Waals surface area (Å²) in [5, 5.41) is 2.72. The van der Waals surface area contributed by atoms with Crippen molar-refractivity contribution in [2.75, 3.05) is 12.4 Å². The van der Waals surface area contributed by atoms with Gasteiger partial charge in [-0.1, -0.05) is 23.8 Å². The maximum absolute atomic E-state index is 13.6. The summed E-state index contributed by atoms with van der Waals surface area (Å²) in [5.41, 5.74) is 1.92. The highest BCUT2D eigenvalue weighted by Gasteiger charge is 2.25. The van der Waals surface area contributed by atoms with Crippen LogP contribution < -0.4 is 15.7 Å². The minimum absolute atomic E-state index is 0.0806. The predicted molar refractivity (Wildman–Crippen MR) is 126 cm³/mol. The number of nitrogens with zero attached hydrogens (tertiary/aromatic N) is 2. The van der Waals surface area contributed by atoms with Gasteiger partial charge in [0.05, 0.1) is 33.6 Å². The summed E-state index contributed by atoms with van der Waals surface area (Å²) in [5.74, 6) is -0.00871. The summed E-state index contributed by atoms with van der Waals surface area (Å²) in [4.78, 5) is 25.4. The highest BCUT2D eigenvalue weighted by molar-refractivity contribution is 7.91. The number of aryl methyl sites for hydroxylation is 3. The summed E-state index contributed by atoms with van der Waals surface area (Å²) in [6.07, 6.45) is 0. The number of nitrogens with one attached hydrogen (secondary N) is 1. The van der Waals surface area contributed by atoms with Gasteiger partial charge in [-0.3, -0.25) is 13.9 Å². The number of methoxy groups -OCH3 is 1. The number of carbonyl (C=O) groups is 1. The summed E-state index contributed by atoms with van der Waals surface area (Å²) in [6, 6.07) is 15.9. The maximum atomic E-state index is 13.6. The molecule has 4 rings (SSSR count). The molecular formula is C24H23N3O5S. The zero-order chi connectivity index (χ0) is 23.9. The largest absolute Gasteiger partial charge is 0.497 e. The molecule has 3 aromatic carbocycles.